The Bertz CT molecular complexity index is 667. The van der Waals surface area contributed by atoms with Crippen LogP contribution in [0, 0.1) is 11.8 Å². The van der Waals surface area contributed by atoms with Crippen LogP contribution in [0.15, 0.2) is 4.99 Å². The highest BCUT2D eigenvalue weighted by atomic mass is 16.4. The molecular weight excluding hydrogens is 418 g/mol. The standard InChI is InChI=1S/C20H39N7O5/c1-5-11(3)15(21)18(31)26-13(8-7-9-24-20(22)23)17(30)27-16(12(4)6-2)19(32)25-10-14(28)29/h11-13,15-16H,5-10,21H2,1-4H3,(H,25,32)(H,26,31)(H,27,30)(H,28,29)(H4,22,23,24). The van der Waals surface area contributed by atoms with E-state index in [-0.39, 0.29) is 30.8 Å². The van der Waals surface area contributed by atoms with Crippen LogP contribution in [0.2, 0.25) is 0 Å². The Morgan fingerprint density at radius 3 is 2.03 bits per heavy atom. The molecule has 184 valence electrons. The van der Waals surface area contributed by atoms with E-state index in [1.165, 1.54) is 0 Å². The highest BCUT2D eigenvalue weighted by molar-refractivity contribution is 5.93. The maximum atomic E-state index is 13.0. The van der Waals surface area contributed by atoms with Gasteiger partial charge in [0.05, 0.1) is 6.04 Å². The highest BCUT2D eigenvalue weighted by Crippen LogP contribution is 2.10. The fourth-order valence-corrected chi connectivity index (χ4v) is 2.78. The van der Waals surface area contributed by atoms with E-state index in [2.05, 4.69) is 20.9 Å². The quantitative estimate of drug-likeness (QED) is 0.0882. The first-order chi connectivity index (χ1) is 14.9. The summed E-state index contributed by atoms with van der Waals surface area (Å²) in [6.07, 6.45) is 1.86. The van der Waals surface area contributed by atoms with Crippen LogP contribution in [-0.4, -0.2) is 66.0 Å². The first-order valence-electron chi connectivity index (χ1n) is 10.9. The Hall–Kier alpha value is -2.89. The number of nitrogens with one attached hydrogen (secondary N) is 3. The van der Waals surface area contributed by atoms with Gasteiger partial charge in [-0.1, -0.05) is 40.5 Å². The van der Waals surface area contributed by atoms with Gasteiger partial charge >= 0.3 is 5.97 Å². The molecule has 32 heavy (non-hydrogen) atoms. The third kappa shape index (κ3) is 10.9. The number of hydrogen-bond donors (Lipinski definition) is 7. The zero-order valence-corrected chi connectivity index (χ0v) is 19.4. The molecule has 0 saturated heterocycles. The summed E-state index contributed by atoms with van der Waals surface area (Å²) in [7, 11) is 0. The number of aliphatic carboxylic acids is 1. The van der Waals surface area contributed by atoms with Crippen molar-refractivity contribution in [3.8, 4) is 0 Å². The number of rotatable bonds is 15. The minimum absolute atomic E-state index is 0.0826. The van der Waals surface area contributed by atoms with Crippen LogP contribution in [0.25, 0.3) is 0 Å². The number of carboxylic acids is 1. The van der Waals surface area contributed by atoms with Crippen molar-refractivity contribution in [3.05, 3.63) is 0 Å². The number of aliphatic imine (C=N–C) groups is 1. The molecule has 12 nitrogen and oxygen atoms in total. The molecule has 0 aliphatic heterocycles. The Balaban J connectivity index is 5.45. The minimum Gasteiger partial charge on any atom is -0.480 e. The van der Waals surface area contributed by atoms with E-state index < -0.39 is 48.4 Å². The van der Waals surface area contributed by atoms with Crippen LogP contribution in [0.1, 0.15) is 53.4 Å². The predicted molar refractivity (Wildman–Crippen MR) is 121 cm³/mol. The third-order valence-corrected chi connectivity index (χ3v) is 5.35. The minimum atomic E-state index is -1.20. The smallest absolute Gasteiger partial charge is 0.322 e. The number of carbonyl (C=O) groups is 4. The fourth-order valence-electron chi connectivity index (χ4n) is 2.78. The van der Waals surface area contributed by atoms with E-state index in [1.807, 2.05) is 20.8 Å². The molecule has 0 aromatic rings. The lowest BCUT2D eigenvalue weighted by molar-refractivity contribution is -0.139. The molecule has 12 heteroatoms. The Labute approximate surface area is 189 Å². The summed E-state index contributed by atoms with van der Waals surface area (Å²) in [5.41, 5.74) is 16.6. The van der Waals surface area contributed by atoms with Crippen molar-refractivity contribution in [2.24, 2.45) is 34.0 Å². The van der Waals surface area contributed by atoms with E-state index in [0.29, 0.717) is 19.3 Å². The average molecular weight is 458 g/mol. The van der Waals surface area contributed by atoms with Gasteiger partial charge in [0.1, 0.15) is 18.6 Å². The lowest BCUT2D eigenvalue weighted by Crippen LogP contribution is -2.58. The number of guanidine groups is 1. The second-order valence-electron chi connectivity index (χ2n) is 7.90. The summed E-state index contributed by atoms with van der Waals surface area (Å²) >= 11 is 0. The number of nitrogens with two attached hydrogens (primary N) is 3. The van der Waals surface area contributed by atoms with Gasteiger partial charge < -0.3 is 38.3 Å². The Morgan fingerprint density at radius 2 is 1.53 bits per heavy atom. The van der Waals surface area contributed by atoms with Crippen molar-refractivity contribution in [1.82, 2.24) is 16.0 Å². The zero-order chi connectivity index (χ0) is 24.8. The summed E-state index contributed by atoms with van der Waals surface area (Å²) in [5.74, 6) is -3.30. The van der Waals surface area contributed by atoms with Gasteiger partial charge in [-0.05, 0) is 24.7 Å². The van der Waals surface area contributed by atoms with Crippen molar-refractivity contribution in [2.75, 3.05) is 13.1 Å². The normalized spacial score (nSPS) is 15.4. The van der Waals surface area contributed by atoms with Gasteiger partial charge in [0.2, 0.25) is 17.7 Å². The van der Waals surface area contributed by atoms with Crippen LogP contribution in [0.5, 0.6) is 0 Å². The topological polar surface area (TPSA) is 215 Å². The summed E-state index contributed by atoms with van der Waals surface area (Å²) in [6, 6.07) is -2.73. The third-order valence-electron chi connectivity index (χ3n) is 5.35. The monoisotopic (exact) mass is 457 g/mol. The molecule has 3 amide bonds. The summed E-state index contributed by atoms with van der Waals surface area (Å²) in [4.78, 5) is 52.6. The van der Waals surface area contributed by atoms with Crippen LogP contribution in [0.4, 0.5) is 0 Å². The molecule has 0 aromatic carbocycles. The van der Waals surface area contributed by atoms with Gasteiger partial charge in [-0.15, -0.1) is 0 Å². The zero-order valence-electron chi connectivity index (χ0n) is 19.4. The van der Waals surface area contributed by atoms with Gasteiger partial charge in [0.15, 0.2) is 5.96 Å². The molecule has 5 atom stereocenters. The van der Waals surface area contributed by atoms with Crippen molar-refractivity contribution in [2.45, 2.75) is 71.5 Å². The molecule has 0 aromatic heterocycles. The molecule has 0 saturated carbocycles. The molecule has 0 radical (unpaired) electrons. The fraction of sp³-hybridized carbons (Fsp3) is 0.750. The Kier molecular flexibility index (Phi) is 13.6. The summed E-state index contributed by atoms with van der Waals surface area (Å²) < 4.78 is 0. The lowest BCUT2D eigenvalue weighted by Gasteiger charge is -2.27. The van der Waals surface area contributed by atoms with Crippen LogP contribution < -0.4 is 33.2 Å². The molecule has 0 aliphatic carbocycles. The number of hydrogen-bond acceptors (Lipinski definition) is 6. The second-order valence-corrected chi connectivity index (χ2v) is 7.90. The Morgan fingerprint density at radius 1 is 0.938 bits per heavy atom. The van der Waals surface area contributed by atoms with E-state index in [1.54, 1.807) is 6.92 Å². The van der Waals surface area contributed by atoms with E-state index in [4.69, 9.17) is 22.3 Å². The summed E-state index contributed by atoms with van der Waals surface area (Å²) in [5, 5.41) is 16.4. The molecule has 0 aliphatic rings. The molecule has 0 heterocycles. The average Bonchev–Trinajstić information content (AvgIpc) is 2.75. The van der Waals surface area contributed by atoms with Crippen molar-refractivity contribution in [3.63, 3.8) is 0 Å². The van der Waals surface area contributed by atoms with E-state index in [9.17, 15) is 19.2 Å². The van der Waals surface area contributed by atoms with Crippen LogP contribution in [0.3, 0.4) is 0 Å². The van der Waals surface area contributed by atoms with Crippen molar-refractivity contribution < 1.29 is 24.3 Å². The van der Waals surface area contributed by atoms with Crippen molar-refractivity contribution in [1.29, 1.82) is 0 Å². The van der Waals surface area contributed by atoms with Gasteiger partial charge in [0.25, 0.3) is 0 Å². The maximum absolute atomic E-state index is 13.0. The maximum Gasteiger partial charge on any atom is 0.322 e. The van der Waals surface area contributed by atoms with Crippen LogP contribution >= 0.6 is 0 Å². The van der Waals surface area contributed by atoms with Gasteiger partial charge in [0, 0.05) is 6.54 Å². The van der Waals surface area contributed by atoms with E-state index >= 15 is 0 Å². The molecule has 0 spiro atoms. The first-order valence-corrected chi connectivity index (χ1v) is 10.9. The molecule has 10 N–H and O–H groups in total. The van der Waals surface area contributed by atoms with Gasteiger partial charge in [-0.3, -0.25) is 24.2 Å². The SMILES string of the molecule is CCC(C)C(N)C(=O)NC(CCCN=C(N)N)C(=O)NC(C(=O)NCC(=O)O)C(C)CC. The number of carbonyl (C=O) groups excluding carboxylic acids is 3. The molecular formula is C20H39N7O5. The van der Waals surface area contributed by atoms with Crippen LogP contribution in [-0.2, 0) is 19.2 Å². The number of carboxylic acid groups (broad SMARTS) is 1. The van der Waals surface area contributed by atoms with Crippen molar-refractivity contribution >= 4 is 29.7 Å². The number of nitrogens with zero attached hydrogens (tertiary/aromatic N) is 1. The molecule has 5 unspecified atom stereocenters. The lowest BCUT2D eigenvalue weighted by atomic mass is 9.97. The predicted octanol–water partition coefficient (Wildman–Crippen LogP) is -1.37. The van der Waals surface area contributed by atoms with E-state index in [0.717, 1.165) is 0 Å². The van der Waals surface area contributed by atoms with Gasteiger partial charge in [-0.25, -0.2) is 0 Å². The van der Waals surface area contributed by atoms with Gasteiger partial charge in [-0.2, -0.15) is 0 Å². The highest BCUT2D eigenvalue weighted by Gasteiger charge is 2.31. The molecule has 0 fully saturated rings. The number of amides is 3. The molecule has 0 bridgehead atoms. The summed E-state index contributed by atoms with van der Waals surface area (Å²) in [6.45, 7) is 7.04. The second kappa shape index (κ2) is 15.0. The molecule has 0 rings (SSSR count). The largest absolute Gasteiger partial charge is 0.480 e. The first kappa shape index (κ1) is 29.1.